The van der Waals surface area contributed by atoms with Gasteiger partial charge in [-0.2, -0.15) is 0 Å². The molecule has 0 radical (unpaired) electrons. The summed E-state index contributed by atoms with van der Waals surface area (Å²) in [5, 5.41) is 3.00. The first-order valence-corrected chi connectivity index (χ1v) is 8.80. The third-order valence-electron chi connectivity index (χ3n) is 4.16. The Bertz CT molecular complexity index is 849. The SMILES string of the molecule is Cc1cc(C(=O)NCCn2cnc(C)c2C)sc1-c1ccccc1. The number of benzene rings is 1. The van der Waals surface area contributed by atoms with Gasteiger partial charge in [0, 0.05) is 23.7 Å². The quantitative estimate of drug-likeness (QED) is 0.764. The number of hydrogen-bond donors (Lipinski definition) is 1. The van der Waals surface area contributed by atoms with Gasteiger partial charge in [-0.25, -0.2) is 4.98 Å². The maximum absolute atomic E-state index is 12.4. The van der Waals surface area contributed by atoms with Crippen molar-refractivity contribution in [2.24, 2.45) is 0 Å². The van der Waals surface area contributed by atoms with E-state index in [0.717, 1.165) is 38.8 Å². The van der Waals surface area contributed by atoms with Crippen LogP contribution in [0.5, 0.6) is 0 Å². The molecule has 0 aliphatic heterocycles. The smallest absolute Gasteiger partial charge is 0.261 e. The van der Waals surface area contributed by atoms with Crippen molar-refractivity contribution in [3.8, 4) is 10.4 Å². The summed E-state index contributed by atoms with van der Waals surface area (Å²) in [6.45, 7) is 7.40. The van der Waals surface area contributed by atoms with Crippen LogP contribution >= 0.6 is 11.3 Å². The molecule has 0 saturated carbocycles. The van der Waals surface area contributed by atoms with Crippen molar-refractivity contribution in [2.75, 3.05) is 6.54 Å². The first-order chi connectivity index (χ1) is 11.6. The average Bonchev–Trinajstić information content (AvgIpc) is 3.13. The number of nitrogens with one attached hydrogen (secondary N) is 1. The lowest BCUT2D eigenvalue weighted by Gasteiger charge is -2.06. The fraction of sp³-hybridized carbons (Fsp3) is 0.263. The van der Waals surface area contributed by atoms with Crippen molar-refractivity contribution < 1.29 is 4.79 Å². The molecule has 0 bridgehead atoms. The molecule has 24 heavy (non-hydrogen) atoms. The number of aryl methyl sites for hydroxylation is 2. The van der Waals surface area contributed by atoms with Gasteiger partial charge in [0.25, 0.3) is 5.91 Å². The lowest BCUT2D eigenvalue weighted by Crippen LogP contribution is -2.26. The third kappa shape index (κ3) is 3.41. The van der Waals surface area contributed by atoms with Crippen LogP contribution in [-0.4, -0.2) is 22.0 Å². The number of aromatic nitrogens is 2. The number of carbonyl (C=O) groups is 1. The average molecular weight is 339 g/mol. The Kier molecular flexibility index (Phi) is 4.81. The van der Waals surface area contributed by atoms with Gasteiger partial charge in [0.05, 0.1) is 16.9 Å². The molecule has 0 atom stereocenters. The topological polar surface area (TPSA) is 46.9 Å². The summed E-state index contributed by atoms with van der Waals surface area (Å²) in [6, 6.07) is 12.2. The van der Waals surface area contributed by atoms with Gasteiger partial charge in [-0.15, -0.1) is 11.3 Å². The highest BCUT2D eigenvalue weighted by Crippen LogP contribution is 2.32. The van der Waals surface area contributed by atoms with Crippen molar-refractivity contribution in [1.82, 2.24) is 14.9 Å². The van der Waals surface area contributed by atoms with E-state index in [0.29, 0.717) is 6.54 Å². The van der Waals surface area contributed by atoms with Crippen molar-refractivity contribution >= 4 is 17.2 Å². The molecule has 3 rings (SSSR count). The molecule has 1 amide bonds. The van der Waals surface area contributed by atoms with E-state index < -0.39 is 0 Å². The lowest BCUT2D eigenvalue weighted by molar-refractivity contribution is 0.0956. The minimum atomic E-state index is -0.0141. The predicted octanol–water partition coefficient (Wildman–Crippen LogP) is 3.97. The molecule has 3 aromatic rings. The monoisotopic (exact) mass is 339 g/mol. The van der Waals surface area contributed by atoms with Crippen LogP contribution < -0.4 is 5.32 Å². The van der Waals surface area contributed by atoms with Gasteiger partial charge in [0.1, 0.15) is 0 Å². The third-order valence-corrected chi connectivity index (χ3v) is 5.45. The van der Waals surface area contributed by atoms with Gasteiger partial charge in [0.15, 0.2) is 0 Å². The van der Waals surface area contributed by atoms with E-state index in [9.17, 15) is 4.79 Å². The van der Waals surface area contributed by atoms with E-state index in [-0.39, 0.29) is 5.91 Å². The molecule has 2 heterocycles. The zero-order valence-corrected chi connectivity index (χ0v) is 15.0. The molecule has 2 aromatic heterocycles. The summed E-state index contributed by atoms with van der Waals surface area (Å²) >= 11 is 1.54. The van der Waals surface area contributed by atoms with Crippen LogP contribution in [0.3, 0.4) is 0 Å². The van der Waals surface area contributed by atoms with E-state index in [1.54, 1.807) is 11.3 Å². The molecular weight excluding hydrogens is 318 g/mol. The Hall–Kier alpha value is -2.40. The molecule has 0 unspecified atom stereocenters. The molecule has 0 aliphatic rings. The van der Waals surface area contributed by atoms with Crippen LogP contribution in [-0.2, 0) is 6.54 Å². The van der Waals surface area contributed by atoms with E-state index in [1.807, 2.05) is 51.4 Å². The number of hydrogen-bond acceptors (Lipinski definition) is 3. The van der Waals surface area contributed by atoms with Crippen LogP contribution in [0.1, 0.15) is 26.6 Å². The molecule has 5 heteroatoms. The highest BCUT2D eigenvalue weighted by atomic mass is 32.1. The fourth-order valence-electron chi connectivity index (χ4n) is 2.62. The molecule has 0 aliphatic carbocycles. The largest absolute Gasteiger partial charge is 0.350 e. The Morgan fingerprint density at radius 3 is 2.62 bits per heavy atom. The summed E-state index contributed by atoms with van der Waals surface area (Å²) in [5.41, 5.74) is 4.46. The number of amides is 1. The van der Waals surface area contributed by atoms with Crippen molar-refractivity contribution in [2.45, 2.75) is 27.3 Å². The maximum atomic E-state index is 12.4. The summed E-state index contributed by atoms with van der Waals surface area (Å²) in [6.07, 6.45) is 1.82. The van der Waals surface area contributed by atoms with Crippen LogP contribution in [0, 0.1) is 20.8 Å². The van der Waals surface area contributed by atoms with Gasteiger partial charge in [0.2, 0.25) is 0 Å². The van der Waals surface area contributed by atoms with Gasteiger partial charge in [-0.3, -0.25) is 4.79 Å². The van der Waals surface area contributed by atoms with Crippen molar-refractivity contribution in [3.05, 3.63) is 64.6 Å². The molecule has 0 spiro atoms. The van der Waals surface area contributed by atoms with E-state index >= 15 is 0 Å². The van der Waals surface area contributed by atoms with Crippen molar-refractivity contribution in [3.63, 3.8) is 0 Å². The second-order valence-corrected chi connectivity index (χ2v) is 6.91. The summed E-state index contributed by atoms with van der Waals surface area (Å²) < 4.78 is 2.06. The van der Waals surface area contributed by atoms with E-state index in [4.69, 9.17) is 0 Å². The van der Waals surface area contributed by atoms with Crippen molar-refractivity contribution in [1.29, 1.82) is 0 Å². The van der Waals surface area contributed by atoms with Crippen LogP contribution in [0.4, 0.5) is 0 Å². The van der Waals surface area contributed by atoms with Gasteiger partial charge in [-0.1, -0.05) is 30.3 Å². The second-order valence-electron chi connectivity index (χ2n) is 5.85. The number of nitrogens with zero attached hydrogens (tertiary/aromatic N) is 2. The first-order valence-electron chi connectivity index (χ1n) is 7.98. The minimum Gasteiger partial charge on any atom is -0.350 e. The minimum absolute atomic E-state index is 0.0141. The standard InChI is InChI=1S/C19H21N3OS/c1-13-11-17(24-18(13)16-7-5-4-6-8-16)19(23)20-9-10-22-12-21-14(2)15(22)3/h4-8,11-12H,9-10H2,1-3H3,(H,20,23). The maximum Gasteiger partial charge on any atom is 0.261 e. The zero-order chi connectivity index (χ0) is 17.1. The van der Waals surface area contributed by atoms with Crippen LogP contribution in [0.15, 0.2) is 42.7 Å². The Morgan fingerprint density at radius 2 is 1.96 bits per heavy atom. The molecular formula is C19H21N3OS. The molecule has 1 aromatic carbocycles. The van der Waals surface area contributed by atoms with E-state index in [2.05, 4.69) is 27.0 Å². The van der Waals surface area contributed by atoms with Crippen LogP contribution in [0.25, 0.3) is 10.4 Å². The fourth-order valence-corrected chi connectivity index (χ4v) is 3.71. The number of rotatable bonds is 5. The van der Waals surface area contributed by atoms with Crippen LogP contribution in [0.2, 0.25) is 0 Å². The molecule has 124 valence electrons. The number of carbonyl (C=O) groups excluding carboxylic acids is 1. The molecule has 1 N–H and O–H groups in total. The Balaban J connectivity index is 1.64. The second kappa shape index (κ2) is 7.01. The number of thiophene rings is 1. The highest BCUT2D eigenvalue weighted by Gasteiger charge is 2.13. The highest BCUT2D eigenvalue weighted by molar-refractivity contribution is 7.17. The molecule has 0 saturated heterocycles. The normalized spacial score (nSPS) is 10.8. The van der Waals surface area contributed by atoms with Gasteiger partial charge in [-0.05, 0) is 38.0 Å². The van der Waals surface area contributed by atoms with Gasteiger partial charge < -0.3 is 9.88 Å². The molecule has 0 fully saturated rings. The zero-order valence-electron chi connectivity index (χ0n) is 14.2. The molecule has 4 nitrogen and oxygen atoms in total. The first kappa shape index (κ1) is 16.5. The summed E-state index contributed by atoms with van der Waals surface area (Å²) in [7, 11) is 0. The Labute approximate surface area is 146 Å². The summed E-state index contributed by atoms with van der Waals surface area (Å²) in [5.74, 6) is -0.0141. The van der Waals surface area contributed by atoms with Gasteiger partial charge >= 0.3 is 0 Å². The Morgan fingerprint density at radius 1 is 1.21 bits per heavy atom. The summed E-state index contributed by atoms with van der Waals surface area (Å²) in [4.78, 5) is 18.6. The van der Waals surface area contributed by atoms with E-state index in [1.165, 1.54) is 0 Å². The predicted molar refractivity (Wildman–Crippen MR) is 98.5 cm³/mol. The lowest BCUT2D eigenvalue weighted by atomic mass is 10.1. The number of imidazole rings is 1.